The molecule has 2 heterocycles. The summed E-state index contributed by atoms with van der Waals surface area (Å²) in [6, 6.07) is 7.91. The average Bonchev–Trinajstić information content (AvgIpc) is 2.90. The highest BCUT2D eigenvalue weighted by molar-refractivity contribution is 5.84. The van der Waals surface area contributed by atoms with E-state index < -0.39 is 0 Å². The molecule has 0 amide bonds. The SMILES string of the molecule is CN(C)CCn1c(-c2c(F)cncc2N(C)C)nc2ccccc21. The lowest BCUT2D eigenvalue weighted by Gasteiger charge is -2.19. The van der Waals surface area contributed by atoms with Gasteiger partial charge in [-0.3, -0.25) is 4.98 Å². The van der Waals surface area contributed by atoms with Gasteiger partial charge in [0.05, 0.1) is 34.7 Å². The van der Waals surface area contributed by atoms with Crippen LogP contribution in [-0.2, 0) is 6.54 Å². The number of imidazole rings is 1. The molecule has 0 aliphatic heterocycles. The van der Waals surface area contributed by atoms with Gasteiger partial charge in [0.25, 0.3) is 0 Å². The number of halogens is 1. The molecule has 0 unspecified atom stereocenters. The number of nitrogens with zero attached hydrogens (tertiary/aromatic N) is 5. The number of aromatic nitrogens is 3. The van der Waals surface area contributed by atoms with Crippen LogP contribution in [0, 0.1) is 5.82 Å². The highest BCUT2D eigenvalue weighted by Crippen LogP contribution is 2.33. The largest absolute Gasteiger partial charge is 0.376 e. The van der Waals surface area contributed by atoms with Gasteiger partial charge in [-0.2, -0.15) is 0 Å². The Morgan fingerprint density at radius 1 is 1.08 bits per heavy atom. The summed E-state index contributed by atoms with van der Waals surface area (Å²) in [6.07, 6.45) is 2.92. The van der Waals surface area contributed by atoms with E-state index in [9.17, 15) is 4.39 Å². The summed E-state index contributed by atoms with van der Waals surface area (Å²) in [5.41, 5.74) is 3.09. The van der Waals surface area contributed by atoms with Crippen LogP contribution in [0.4, 0.5) is 10.1 Å². The lowest BCUT2D eigenvalue weighted by molar-refractivity contribution is 0.387. The van der Waals surface area contributed by atoms with Crippen LogP contribution in [0.3, 0.4) is 0 Å². The Morgan fingerprint density at radius 3 is 2.54 bits per heavy atom. The van der Waals surface area contributed by atoms with Gasteiger partial charge in [0.1, 0.15) is 5.82 Å². The van der Waals surface area contributed by atoms with Crippen molar-refractivity contribution in [1.29, 1.82) is 0 Å². The zero-order valence-electron chi connectivity index (χ0n) is 14.5. The molecular weight excluding hydrogens is 305 g/mol. The first-order valence-electron chi connectivity index (χ1n) is 7.90. The van der Waals surface area contributed by atoms with Crippen LogP contribution in [-0.4, -0.2) is 54.2 Å². The first-order valence-corrected chi connectivity index (χ1v) is 7.90. The van der Waals surface area contributed by atoms with Crippen molar-refractivity contribution in [2.24, 2.45) is 0 Å². The number of hydrogen-bond acceptors (Lipinski definition) is 4. The third-order valence-electron chi connectivity index (χ3n) is 4.01. The molecule has 0 N–H and O–H groups in total. The molecule has 0 aliphatic rings. The van der Waals surface area contributed by atoms with Crippen LogP contribution in [0.25, 0.3) is 22.4 Å². The van der Waals surface area contributed by atoms with E-state index in [0.29, 0.717) is 11.4 Å². The number of rotatable bonds is 5. The van der Waals surface area contributed by atoms with Gasteiger partial charge in [-0.15, -0.1) is 0 Å². The maximum atomic E-state index is 14.7. The van der Waals surface area contributed by atoms with E-state index in [2.05, 4.69) is 14.5 Å². The first kappa shape index (κ1) is 16.4. The van der Waals surface area contributed by atoms with E-state index in [1.165, 1.54) is 6.20 Å². The maximum absolute atomic E-state index is 14.7. The Balaban J connectivity index is 2.25. The fourth-order valence-corrected chi connectivity index (χ4v) is 2.78. The summed E-state index contributed by atoms with van der Waals surface area (Å²) in [4.78, 5) is 12.7. The highest BCUT2D eigenvalue weighted by Gasteiger charge is 2.20. The minimum absolute atomic E-state index is 0.359. The molecule has 0 saturated carbocycles. The number of fused-ring (bicyclic) bond motifs is 1. The normalized spacial score (nSPS) is 11.4. The number of pyridine rings is 1. The van der Waals surface area contributed by atoms with E-state index in [1.807, 2.05) is 57.4 Å². The molecule has 2 aromatic heterocycles. The maximum Gasteiger partial charge on any atom is 0.154 e. The quantitative estimate of drug-likeness (QED) is 0.722. The van der Waals surface area contributed by atoms with E-state index in [0.717, 1.165) is 29.8 Å². The summed E-state index contributed by atoms with van der Waals surface area (Å²) < 4.78 is 16.7. The molecule has 0 atom stereocenters. The molecular formula is C18H22FN5. The Hall–Kier alpha value is -2.47. The average molecular weight is 327 g/mol. The van der Waals surface area contributed by atoms with Crippen LogP contribution in [0.2, 0.25) is 0 Å². The molecule has 5 nitrogen and oxygen atoms in total. The van der Waals surface area contributed by atoms with Gasteiger partial charge < -0.3 is 14.4 Å². The molecule has 0 radical (unpaired) electrons. The van der Waals surface area contributed by atoms with E-state index in [-0.39, 0.29) is 5.82 Å². The zero-order chi connectivity index (χ0) is 17.3. The molecule has 126 valence electrons. The molecule has 0 saturated heterocycles. The van der Waals surface area contributed by atoms with Crippen LogP contribution >= 0.6 is 0 Å². The fraction of sp³-hybridized carbons (Fsp3) is 0.333. The molecule has 1 aromatic carbocycles. The predicted octanol–water partition coefficient (Wildman–Crippen LogP) is 2.87. The van der Waals surface area contributed by atoms with Gasteiger partial charge >= 0.3 is 0 Å². The van der Waals surface area contributed by atoms with Gasteiger partial charge in [-0.25, -0.2) is 9.37 Å². The molecule has 0 fully saturated rings. The zero-order valence-corrected chi connectivity index (χ0v) is 14.5. The van der Waals surface area contributed by atoms with Gasteiger partial charge in [0, 0.05) is 27.2 Å². The van der Waals surface area contributed by atoms with Crippen LogP contribution < -0.4 is 4.90 Å². The summed E-state index contributed by atoms with van der Waals surface area (Å²) in [7, 11) is 7.81. The Morgan fingerprint density at radius 2 is 1.83 bits per heavy atom. The highest BCUT2D eigenvalue weighted by atomic mass is 19.1. The minimum Gasteiger partial charge on any atom is -0.376 e. The second kappa shape index (κ2) is 6.57. The van der Waals surface area contributed by atoms with Crippen LogP contribution in [0.5, 0.6) is 0 Å². The van der Waals surface area contributed by atoms with E-state index >= 15 is 0 Å². The van der Waals surface area contributed by atoms with Crippen molar-refractivity contribution < 1.29 is 4.39 Å². The topological polar surface area (TPSA) is 37.2 Å². The second-order valence-electron chi connectivity index (χ2n) is 6.29. The number of likely N-dealkylation sites (N-methyl/N-ethyl adjacent to an activating group) is 1. The molecule has 3 aromatic rings. The van der Waals surface area contributed by atoms with Gasteiger partial charge in [-0.05, 0) is 26.2 Å². The van der Waals surface area contributed by atoms with Gasteiger partial charge in [-0.1, -0.05) is 12.1 Å². The van der Waals surface area contributed by atoms with Crippen LogP contribution in [0.1, 0.15) is 0 Å². The lowest BCUT2D eigenvalue weighted by Crippen LogP contribution is -2.19. The van der Waals surface area contributed by atoms with Crippen molar-refractivity contribution in [2.75, 3.05) is 39.6 Å². The minimum atomic E-state index is -0.359. The molecule has 24 heavy (non-hydrogen) atoms. The molecule has 3 rings (SSSR count). The fourth-order valence-electron chi connectivity index (χ4n) is 2.78. The lowest BCUT2D eigenvalue weighted by atomic mass is 10.2. The first-order chi connectivity index (χ1) is 11.5. The number of para-hydroxylation sites is 2. The summed E-state index contributed by atoms with van der Waals surface area (Å²) >= 11 is 0. The van der Waals surface area contributed by atoms with Crippen molar-refractivity contribution in [2.45, 2.75) is 6.54 Å². The summed E-state index contributed by atoms with van der Waals surface area (Å²) in [6.45, 7) is 1.58. The molecule has 0 bridgehead atoms. The summed E-state index contributed by atoms with van der Waals surface area (Å²) in [5.74, 6) is 0.282. The summed E-state index contributed by atoms with van der Waals surface area (Å²) in [5, 5.41) is 0. The molecule has 6 heteroatoms. The second-order valence-corrected chi connectivity index (χ2v) is 6.29. The number of benzene rings is 1. The van der Waals surface area contributed by atoms with E-state index in [1.54, 1.807) is 6.20 Å². The van der Waals surface area contributed by atoms with Crippen molar-refractivity contribution in [3.8, 4) is 11.4 Å². The van der Waals surface area contributed by atoms with E-state index in [4.69, 9.17) is 4.98 Å². The third-order valence-corrected chi connectivity index (χ3v) is 4.01. The molecule has 0 aliphatic carbocycles. The monoisotopic (exact) mass is 327 g/mol. The third kappa shape index (κ3) is 2.97. The Bertz CT molecular complexity index is 854. The van der Waals surface area contributed by atoms with Gasteiger partial charge in [0.2, 0.25) is 0 Å². The molecule has 0 spiro atoms. The van der Waals surface area contributed by atoms with Crippen molar-refractivity contribution in [3.63, 3.8) is 0 Å². The predicted molar refractivity (Wildman–Crippen MR) is 95.8 cm³/mol. The van der Waals surface area contributed by atoms with Gasteiger partial charge in [0.15, 0.2) is 5.82 Å². The van der Waals surface area contributed by atoms with Crippen LogP contribution in [0.15, 0.2) is 36.7 Å². The standard InChI is InChI=1S/C18H22FN5/c1-22(2)9-10-24-15-8-6-5-7-14(15)21-18(24)17-13(19)11-20-12-16(17)23(3)4/h5-8,11-12H,9-10H2,1-4H3. The Labute approximate surface area is 141 Å². The van der Waals surface area contributed by atoms with Crippen molar-refractivity contribution in [1.82, 2.24) is 19.4 Å². The number of hydrogen-bond donors (Lipinski definition) is 0. The smallest absolute Gasteiger partial charge is 0.154 e. The Kier molecular flexibility index (Phi) is 4.49. The van der Waals surface area contributed by atoms with Crippen molar-refractivity contribution in [3.05, 3.63) is 42.5 Å². The van der Waals surface area contributed by atoms with Crippen molar-refractivity contribution >= 4 is 16.7 Å². The number of anilines is 1.